The summed E-state index contributed by atoms with van der Waals surface area (Å²) in [6.07, 6.45) is 0. The highest BCUT2D eigenvalue weighted by Gasteiger charge is 2.53. The minimum atomic E-state index is -0.535. The van der Waals surface area contributed by atoms with Crippen molar-refractivity contribution in [3.05, 3.63) is 247 Å². The first kappa shape index (κ1) is 34.5. The van der Waals surface area contributed by atoms with Gasteiger partial charge >= 0.3 is 0 Å². The third-order valence-corrected chi connectivity index (χ3v) is 14.0. The smallest absolute Gasteiger partial charge is 0.136 e. The van der Waals surface area contributed by atoms with E-state index >= 15 is 0 Å². The van der Waals surface area contributed by atoms with Crippen molar-refractivity contribution in [1.82, 2.24) is 0 Å². The summed E-state index contributed by atoms with van der Waals surface area (Å²) < 4.78 is 6.42. The van der Waals surface area contributed by atoms with Crippen LogP contribution in [0.15, 0.2) is 229 Å². The summed E-state index contributed by atoms with van der Waals surface area (Å²) in [5, 5.41) is 9.80. The lowest BCUT2D eigenvalue weighted by atomic mass is 9.70. The van der Waals surface area contributed by atoms with Gasteiger partial charge in [0.15, 0.2) is 0 Å². The summed E-state index contributed by atoms with van der Waals surface area (Å²) >= 11 is 0. The summed E-state index contributed by atoms with van der Waals surface area (Å²) in [6.45, 7) is 0. The second kappa shape index (κ2) is 12.9. The monoisotopic (exact) mass is 799 g/mol. The number of hydrogen-bond acceptors (Lipinski definition) is 2. The zero-order valence-corrected chi connectivity index (χ0v) is 34.2. The van der Waals surface area contributed by atoms with E-state index in [-0.39, 0.29) is 0 Å². The average molecular weight is 800 g/mol. The van der Waals surface area contributed by atoms with E-state index < -0.39 is 5.41 Å². The summed E-state index contributed by atoms with van der Waals surface area (Å²) in [4.78, 5) is 2.54. The average Bonchev–Trinajstić information content (AvgIpc) is 3.99. The number of fused-ring (bicyclic) bond motifs is 19. The van der Waals surface area contributed by atoms with Crippen LogP contribution in [0.4, 0.5) is 17.1 Å². The van der Waals surface area contributed by atoms with Gasteiger partial charge in [-0.25, -0.2) is 0 Å². The second-order valence-electron chi connectivity index (χ2n) is 17.1. The Morgan fingerprint density at radius 3 is 1.48 bits per heavy atom. The van der Waals surface area contributed by atoms with Crippen molar-refractivity contribution in [2.24, 2.45) is 0 Å². The molecule has 0 fully saturated rings. The number of furan rings is 1. The predicted octanol–water partition coefficient (Wildman–Crippen LogP) is 16.5. The van der Waals surface area contributed by atoms with Crippen molar-refractivity contribution in [3.63, 3.8) is 0 Å². The lowest BCUT2D eigenvalue weighted by Gasteiger charge is -2.36. The van der Waals surface area contributed by atoms with Gasteiger partial charge in [-0.2, -0.15) is 0 Å². The Kier molecular flexibility index (Phi) is 7.07. The molecule has 2 nitrogen and oxygen atoms in total. The Bertz CT molecular complexity index is 3790. The topological polar surface area (TPSA) is 16.4 Å². The Balaban J connectivity index is 1.10. The van der Waals surface area contributed by atoms with Crippen molar-refractivity contribution in [3.8, 4) is 33.4 Å². The van der Waals surface area contributed by atoms with Crippen LogP contribution in [0, 0.1) is 0 Å². The van der Waals surface area contributed by atoms with Crippen LogP contribution in [0.25, 0.3) is 87.6 Å². The molecule has 0 saturated heterocycles. The number of nitrogens with zero attached hydrogens (tertiary/aromatic N) is 1. The van der Waals surface area contributed by atoms with E-state index in [4.69, 9.17) is 4.42 Å². The quantitative estimate of drug-likeness (QED) is 0.165. The molecule has 0 atom stereocenters. The molecule has 0 bridgehead atoms. The maximum absolute atomic E-state index is 6.42. The van der Waals surface area contributed by atoms with Crippen LogP contribution in [0.2, 0.25) is 0 Å². The highest BCUT2D eigenvalue weighted by molar-refractivity contribution is 6.26. The first-order valence-electron chi connectivity index (χ1n) is 21.8. The highest BCUT2D eigenvalue weighted by Crippen LogP contribution is 2.65. The van der Waals surface area contributed by atoms with Crippen molar-refractivity contribution in [2.45, 2.75) is 5.41 Å². The summed E-state index contributed by atoms with van der Waals surface area (Å²) in [7, 11) is 0. The van der Waals surface area contributed by atoms with Crippen LogP contribution in [0.1, 0.15) is 22.3 Å². The fraction of sp³-hybridized carbons (Fsp3) is 0.0164. The minimum Gasteiger partial charge on any atom is -0.456 e. The molecule has 0 radical (unpaired) electrons. The number of hydrogen-bond donors (Lipinski definition) is 0. The molecule has 1 heterocycles. The number of benzene rings is 11. The molecule has 292 valence electrons. The van der Waals surface area contributed by atoms with Crippen LogP contribution >= 0.6 is 0 Å². The van der Waals surface area contributed by atoms with Crippen LogP contribution < -0.4 is 4.90 Å². The van der Waals surface area contributed by atoms with Gasteiger partial charge < -0.3 is 9.32 Å². The normalized spacial score (nSPS) is 13.2. The molecule has 0 saturated carbocycles. The van der Waals surface area contributed by atoms with E-state index in [9.17, 15) is 0 Å². The number of rotatable bonds is 4. The minimum absolute atomic E-state index is 0.535. The molecule has 11 aromatic carbocycles. The fourth-order valence-corrected chi connectivity index (χ4v) is 11.6. The molecule has 1 aromatic heterocycles. The van der Waals surface area contributed by atoms with Gasteiger partial charge in [-0.05, 0) is 125 Å². The lowest BCUT2D eigenvalue weighted by Crippen LogP contribution is -2.28. The van der Waals surface area contributed by atoms with Gasteiger partial charge in [0, 0.05) is 27.7 Å². The number of anilines is 3. The molecule has 1 spiro atoms. The van der Waals surface area contributed by atoms with E-state index in [0.29, 0.717) is 0 Å². The summed E-state index contributed by atoms with van der Waals surface area (Å²) in [6, 6.07) is 83.0. The van der Waals surface area contributed by atoms with E-state index in [1.54, 1.807) is 0 Å². The SMILES string of the molecule is c1cc(-c2cccc3oc4ccccc4c23)cc(N(c2ccc3c4ccccc4c4ccccc4c3c2)c2cccc3c2C2(c4ccccc4-c4ccccc42)c2ccccc2-3)c1. The van der Waals surface area contributed by atoms with Gasteiger partial charge in [0.2, 0.25) is 0 Å². The van der Waals surface area contributed by atoms with Crippen LogP contribution in [-0.4, -0.2) is 0 Å². The van der Waals surface area contributed by atoms with Crippen LogP contribution in [0.3, 0.4) is 0 Å². The van der Waals surface area contributed by atoms with Crippen molar-refractivity contribution >= 4 is 71.3 Å². The molecule has 14 rings (SSSR count). The van der Waals surface area contributed by atoms with Gasteiger partial charge in [0.05, 0.1) is 11.1 Å². The molecular formula is C61H37NO. The predicted molar refractivity (Wildman–Crippen MR) is 263 cm³/mol. The van der Waals surface area contributed by atoms with Crippen LogP contribution in [0.5, 0.6) is 0 Å². The molecule has 0 amide bonds. The second-order valence-corrected chi connectivity index (χ2v) is 17.1. The Labute approximate surface area is 364 Å². The zero-order valence-electron chi connectivity index (χ0n) is 34.2. The maximum atomic E-state index is 6.42. The zero-order chi connectivity index (χ0) is 41.2. The van der Waals surface area contributed by atoms with Gasteiger partial charge in [-0.1, -0.05) is 182 Å². The molecule has 0 aliphatic heterocycles. The van der Waals surface area contributed by atoms with Crippen molar-refractivity contribution in [2.75, 3.05) is 4.90 Å². The van der Waals surface area contributed by atoms with E-state index in [2.05, 4.69) is 223 Å². The van der Waals surface area contributed by atoms with Crippen molar-refractivity contribution in [1.29, 1.82) is 0 Å². The Morgan fingerprint density at radius 1 is 0.317 bits per heavy atom. The van der Waals surface area contributed by atoms with Gasteiger partial charge in [0.25, 0.3) is 0 Å². The Morgan fingerprint density at radius 2 is 0.794 bits per heavy atom. The van der Waals surface area contributed by atoms with Gasteiger partial charge in [-0.15, -0.1) is 0 Å². The molecular weight excluding hydrogens is 763 g/mol. The maximum Gasteiger partial charge on any atom is 0.136 e. The molecule has 2 heteroatoms. The van der Waals surface area contributed by atoms with Gasteiger partial charge in [0.1, 0.15) is 11.2 Å². The Hall–Kier alpha value is -8.20. The molecule has 0 N–H and O–H groups in total. The molecule has 0 unspecified atom stereocenters. The molecule has 2 aliphatic rings. The van der Waals surface area contributed by atoms with Gasteiger partial charge in [-0.3, -0.25) is 0 Å². The summed E-state index contributed by atoms with van der Waals surface area (Å²) in [5.74, 6) is 0. The first-order chi connectivity index (χ1) is 31.3. The van der Waals surface area contributed by atoms with E-state index in [1.807, 2.05) is 6.07 Å². The first-order valence-corrected chi connectivity index (χ1v) is 21.8. The van der Waals surface area contributed by atoms with E-state index in [1.165, 1.54) is 76.8 Å². The summed E-state index contributed by atoms with van der Waals surface area (Å²) in [5.41, 5.74) is 17.3. The third kappa shape index (κ3) is 4.62. The molecule has 12 aromatic rings. The highest BCUT2D eigenvalue weighted by atomic mass is 16.3. The molecule has 2 aliphatic carbocycles. The number of para-hydroxylation sites is 1. The lowest BCUT2D eigenvalue weighted by molar-refractivity contribution is 0.669. The third-order valence-electron chi connectivity index (χ3n) is 14.0. The van der Waals surface area contributed by atoms with Crippen LogP contribution in [-0.2, 0) is 5.41 Å². The largest absolute Gasteiger partial charge is 0.456 e. The van der Waals surface area contributed by atoms with E-state index in [0.717, 1.165) is 50.1 Å². The fourth-order valence-electron chi connectivity index (χ4n) is 11.6. The van der Waals surface area contributed by atoms with Crippen molar-refractivity contribution < 1.29 is 4.42 Å². The molecule has 63 heavy (non-hydrogen) atoms. The standard InChI is InChI=1S/C61H37NO/c1-2-20-44-42(18-1)43-19-3-4-21-45(43)52-37-40(34-35-46(44)52)62(39-17-13-16-38(36-39)41-26-15-33-58-59(41)51-25-8-12-32-57(51)63-58)56-31-14-27-50-49-24-7-11-30-55(49)61(60(50)56)53-28-9-5-22-47(53)48-23-6-10-29-54(48)61/h1-37H.